The third kappa shape index (κ3) is 9.54. The largest absolute Gasteiger partial charge is 0.394 e. The van der Waals surface area contributed by atoms with Crippen LogP contribution in [0, 0.1) is 0 Å². The highest BCUT2D eigenvalue weighted by atomic mass is 32.3. The predicted molar refractivity (Wildman–Crippen MR) is 57.8 cm³/mol. The second kappa shape index (κ2) is 5.96. The van der Waals surface area contributed by atoms with E-state index in [1.807, 2.05) is 12.5 Å². The maximum absolute atomic E-state index is 8.74. The lowest BCUT2D eigenvalue weighted by Crippen LogP contribution is -2.35. The molecule has 2 N–H and O–H groups in total. The molecule has 0 aromatic rings. The molecular weight excluding hydrogens is 220 g/mol. The molecule has 0 saturated carbocycles. The molecule has 1 rings (SSSR count). The van der Waals surface area contributed by atoms with Gasteiger partial charge in [-0.2, -0.15) is 8.42 Å². The van der Waals surface area contributed by atoms with Crippen molar-refractivity contribution >= 4 is 16.7 Å². The van der Waals surface area contributed by atoms with Crippen molar-refractivity contribution in [3.05, 3.63) is 12.4 Å². The number of nitrogens with zero attached hydrogens (tertiary/aromatic N) is 2. The second-order valence-electron chi connectivity index (χ2n) is 3.43. The van der Waals surface area contributed by atoms with Crippen LogP contribution in [0.4, 0.5) is 0 Å². The SMILES string of the molecule is CCCC[N+]1(C)C=CN=C1.O=S(=O)(O)O. The predicted octanol–water partition coefficient (Wildman–Crippen LogP) is 1.09. The van der Waals surface area contributed by atoms with E-state index < -0.39 is 10.4 Å². The van der Waals surface area contributed by atoms with Crippen LogP contribution < -0.4 is 0 Å². The number of hydrogen-bond donors (Lipinski definition) is 2. The Balaban J connectivity index is 0.000000336. The van der Waals surface area contributed by atoms with Crippen LogP contribution in [0.15, 0.2) is 17.4 Å². The van der Waals surface area contributed by atoms with Gasteiger partial charge >= 0.3 is 10.4 Å². The summed E-state index contributed by atoms with van der Waals surface area (Å²) in [5.41, 5.74) is 0. The van der Waals surface area contributed by atoms with Gasteiger partial charge in [-0.25, -0.2) is 4.99 Å². The molecule has 0 aromatic carbocycles. The molecule has 1 atom stereocenters. The quantitative estimate of drug-likeness (QED) is 0.568. The minimum absolute atomic E-state index is 0.883. The van der Waals surface area contributed by atoms with Gasteiger partial charge in [0.2, 0.25) is 0 Å². The van der Waals surface area contributed by atoms with Crippen LogP contribution in [-0.2, 0) is 10.4 Å². The first kappa shape index (κ1) is 14.2. The Morgan fingerprint density at radius 3 is 2.27 bits per heavy atom. The molecule has 88 valence electrons. The van der Waals surface area contributed by atoms with E-state index in [0.717, 1.165) is 4.48 Å². The van der Waals surface area contributed by atoms with Crippen LogP contribution in [0.25, 0.3) is 0 Å². The number of aliphatic imine (C=N–C) groups is 1. The van der Waals surface area contributed by atoms with Crippen molar-refractivity contribution in [3.8, 4) is 0 Å². The van der Waals surface area contributed by atoms with Gasteiger partial charge in [-0.1, -0.05) is 13.3 Å². The number of unbranched alkanes of at least 4 members (excludes halogenated alkanes) is 1. The molecule has 15 heavy (non-hydrogen) atoms. The highest BCUT2D eigenvalue weighted by Gasteiger charge is 2.17. The third-order valence-corrected chi connectivity index (χ3v) is 1.82. The second-order valence-corrected chi connectivity index (χ2v) is 4.33. The van der Waals surface area contributed by atoms with E-state index in [0.29, 0.717) is 0 Å². The molecule has 1 unspecified atom stereocenters. The lowest BCUT2D eigenvalue weighted by molar-refractivity contribution is -0.756. The van der Waals surface area contributed by atoms with E-state index in [2.05, 4.69) is 25.2 Å². The molecule has 0 saturated heterocycles. The fraction of sp³-hybridized carbons (Fsp3) is 0.625. The Morgan fingerprint density at radius 1 is 1.40 bits per heavy atom. The molecule has 1 aliphatic heterocycles. The van der Waals surface area contributed by atoms with Crippen molar-refractivity contribution in [2.24, 2.45) is 4.99 Å². The summed E-state index contributed by atoms with van der Waals surface area (Å²) in [4.78, 5) is 4.06. The highest BCUT2D eigenvalue weighted by molar-refractivity contribution is 7.79. The zero-order valence-electron chi connectivity index (χ0n) is 8.87. The lowest BCUT2D eigenvalue weighted by atomic mass is 10.3. The van der Waals surface area contributed by atoms with E-state index in [9.17, 15) is 0 Å². The maximum atomic E-state index is 8.74. The molecule has 0 fully saturated rings. The Hall–Kier alpha value is -0.760. The molecular formula is C8H17N2O4S+. The molecule has 6 nitrogen and oxygen atoms in total. The molecule has 0 radical (unpaired) electrons. The first-order valence-electron chi connectivity index (χ1n) is 4.54. The monoisotopic (exact) mass is 237 g/mol. The summed E-state index contributed by atoms with van der Waals surface area (Å²) in [6.07, 6.45) is 8.50. The molecule has 0 amide bonds. The van der Waals surface area contributed by atoms with Crippen molar-refractivity contribution in [2.45, 2.75) is 19.8 Å². The van der Waals surface area contributed by atoms with Gasteiger partial charge in [-0.05, 0) is 6.42 Å². The van der Waals surface area contributed by atoms with Crippen molar-refractivity contribution in [2.75, 3.05) is 13.6 Å². The highest BCUT2D eigenvalue weighted by Crippen LogP contribution is 2.08. The minimum Gasteiger partial charge on any atom is -0.264 e. The van der Waals surface area contributed by atoms with Gasteiger partial charge in [-0.15, -0.1) is 0 Å². The fourth-order valence-corrected chi connectivity index (χ4v) is 1.05. The molecule has 1 heterocycles. The zero-order chi connectivity index (χ0) is 11.9. The van der Waals surface area contributed by atoms with Crippen molar-refractivity contribution < 1.29 is 22.0 Å². The Bertz CT molecular complexity index is 315. The summed E-state index contributed by atoms with van der Waals surface area (Å²) in [7, 11) is -2.50. The van der Waals surface area contributed by atoms with Crippen LogP contribution in [0.5, 0.6) is 0 Å². The maximum Gasteiger partial charge on any atom is 0.394 e. The Kier molecular flexibility index (Phi) is 5.66. The van der Waals surface area contributed by atoms with E-state index in [-0.39, 0.29) is 0 Å². The standard InChI is InChI=1S/C8H15N2.H2O4S/c1-3-4-6-10(2)7-5-9-8-10;1-5(2,3)4/h5,7-8H,3-4,6H2,1-2H3;(H2,1,2,3,4)/q+1;. The smallest absolute Gasteiger partial charge is 0.264 e. The summed E-state index contributed by atoms with van der Waals surface area (Å²) in [5, 5.41) is 0. The van der Waals surface area contributed by atoms with Crippen LogP contribution in [-0.4, -0.2) is 41.9 Å². The fourth-order valence-electron chi connectivity index (χ4n) is 1.05. The van der Waals surface area contributed by atoms with Crippen LogP contribution in [0.1, 0.15) is 19.8 Å². The Labute approximate surface area is 90.1 Å². The van der Waals surface area contributed by atoms with E-state index in [1.165, 1.54) is 19.4 Å². The minimum atomic E-state index is -4.67. The van der Waals surface area contributed by atoms with Crippen molar-refractivity contribution in [1.29, 1.82) is 0 Å². The van der Waals surface area contributed by atoms with Crippen molar-refractivity contribution in [1.82, 2.24) is 0 Å². The summed E-state index contributed by atoms with van der Waals surface area (Å²) in [5.74, 6) is 0. The molecule has 0 aromatic heterocycles. The summed E-state index contributed by atoms with van der Waals surface area (Å²) in [6, 6.07) is 0. The van der Waals surface area contributed by atoms with Crippen LogP contribution in [0.2, 0.25) is 0 Å². The average Bonchev–Trinajstić information content (AvgIpc) is 2.46. The van der Waals surface area contributed by atoms with Gasteiger partial charge in [0, 0.05) is 0 Å². The van der Waals surface area contributed by atoms with Gasteiger partial charge in [0.25, 0.3) is 0 Å². The first-order chi connectivity index (χ1) is 6.77. The van der Waals surface area contributed by atoms with Crippen LogP contribution >= 0.6 is 0 Å². The van der Waals surface area contributed by atoms with Gasteiger partial charge in [-0.3, -0.25) is 13.6 Å². The van der Waals surface area contributed by atoms with Gasteiger partial charge in [0.15, 0.2) is 6.34 Å². The molecule has 0 aliphatic carbocycles. The van der Waals surface area contributed by atoms with Gasteiger partial charge in [0.05, 0.1) is 19.8 Å². The Morgan fingerprint density at radius 2 is 1.93 bits per heavy atom. The molecule has 1 aliphatic rings. The topological polar surface area (TPSA) is 87.0 Å². The van der Waals surface area contributed by atoms with Gasteiger partial charge in [0.1, 0.15) is 6.20 Å². The zero-order valence-corrected chi connectivity index (χ0v) is 9.68. The van der Waals surface area contributed by atoms with Gasteiger partial charge < -0.3 is 0 Å². The third-order valence-electron chi connectivity index (χ3n) is 1.82. The average molecular weight is 237 g/mol. The number of hydrogen-bond acceptors (Lipinski definition) is 3. The lowest BCUT2D eigenvalue weighted by Gasteiger charge is -2.20. The van der Waals surface area contributed by atoms with Crippen LogP contribution in [0.3, 0.4) is 0 Å². The van der Waals surface area contributed by atoms with E-state index in [4.69, 9.17) is 17.5 Å². The number of rotatable bonds is 3. The van der Waals surface area contributed by atoms with E-state index in [1.54, 1.807) is 0 Å². The molecule has 0 spiro atoms. The van der Waals surface area contributed by atoms with E-state index >= 15 is 0 Å². The summed E-state index contributed by atoms with van der Waals surface area (Å²) < 4.78 is 32.5. The molecule has 0 bridgehead atoms. The summed E-state index contributed by atoms with van der Waals surface area (Å²) >= 11 is 0. The normalized spacial score (nSPS) is 23.7. The summed E-state index contributed by atoms with van der Waals surface area (Å²) in [6.45, 7) is 3.39. The number of quaternary nitrogens is 1. The first-order valence-corrected chi connectivity index (χ1v) is 5.93. The van der Waals surface area contributed by atoms with Crippen molar-refractivity contribution in [3.63, 3.8) is 0 Å². The molecule has 7 heteroatoms.